The van der Waals surface area contributed by atoms with Gasteiger partial charge in [0.05, 0.1) is 6.10 Å². The minimum atomic E-state index is -0.423. The Morgan fingerprint density at radius 1 is 0.338 bits per heavy atom. The van der Waals surface area contributed by atoms with Crippen LogP contribution in [0, 0.1) is 0 Å². The first kappa shape index (κ1) is 68.6. The molecule has 0 aromatic heterocycles. The molecule has 10 nitrogen and oxygen atoms in total. The SMILES string of the molecule is CCCCCCC(C)OC(=O)CN(CCCN(C)C)C(=O)OC(CCCCCCCCC(=O)OC(CCCCCC)CCCCCC)CCCCCCCCC(=O)OC(CCCCCC)CCCCCC. The van der Waals surface area contributed by atoms with Crippen molar-refractivity contribution in [3.05, 3.63) is 0 Å². The number of esters is 3. The van der Waals surface area contributed by atoms with Crippen LogP contribution in [0.3, 0.4) is 0 Å². The minimum Gasteiger partial charge on any atom is -0.462 e. The summed E-state index contributed by atoms with van der Waals surface area (Å²) >= 11 is 0. The van der Waals surface area contributed by atoms with Crippen molar-refractivity contribution in [3.8, 4) is 0 Å². The van der Waals surface area contributed by atoms with Crippen LogP contribution in [0.4, 0.5) is 4.79 Å². The molecule has 0 bridgehead atoms. The number of hydrogen-bond donors (Lipinski definition) is 0. The first-order chi connectivity index (χ1) is 34.5. The summed E-state index contributed by atoms with van der Waals surface area (Å²) in [5, 5.41) is 0. The van der Waals surface area contributed by atoms with Gasteiger partial charge < -0.3 is 23.8 Å². The maximum absolute atomic E-state index is 13.9. The Morgan fingerprint density at radius 3 is 1.00 bits per heavy atom. The van der Waals surface area contributed by atoms with Crippen molar-refractivity contribution in [2.45, 2.75) is 336 Å². The molecule has 0 aromatic rings. The van der Waals surface area contributed by atoms with Crippen LogP contribution < -0.4 is 0 Å². The molecule has 0 aliphatic heterocycles. The second-order valence-corrected chi connectivity index (χ2v) is 21.7. The molecule has 0 N–H and O–H groups in total. The molecule has 420 valence electrons. The van der Waals surface area contributed by atoms with Crippen molar-refractivity contribution in [2.24, 2.45) is 0 Å². The summed E-state index contributed by atoms with van der Waals surface area (Å²) in [5.41, 5.74) is 0. The second-order valence-electron chi connectivity index (χ2n) is 21.7. The highest BCUT2D eigenvalue weighted by Crippen LogP contribution is 2.22. The normalized spacial score (nSPS) is 12.1. The Hall–Kier alpha value is -2.36. The van der Waals surface area contributed by atoms with Gasteiger partial charge in [0.25, 0.3) is 0 Å². The zero-order valence-corrected chi connectivity index (χ0v) is 48.3. The van der Waals surface area contributed by atoms with E-state index in [1.165, 1.54) is 83.5 Å². The van der Waals surface area contributed by atoms with Crippen molar-refractivity contribution in [1.82, 2.24) is 9.80 Å². The topological polar surface area (TPSA) is 112 Å². The van der Waals surface area contributed by atoms with Crippen molar-refractivity contribution in [2.75, 3.05) is 33.7 Å². The number of nitrogens with zero attached hydrogens (tertiary/aromatic N) is 2. The third-order valence-corrected chi connectivity index (χ3v) is 14.1. The molecule has 1 atom stereocenters. The molecule has 1 unspecified atom stereocenters. The lowest BCUT2D eigenvalue weighted by Gasteiger charge is -2.26. The summed E-state index contributed by atoms with van der Waals surface area (Å²) in [7, 11) is 4.03. The fourth-order valence-electron chi connectivity index (χ4n) is 9.53. The van der Waals surface area contributed by atoms with Gasteiger partial charge in [0.1, 0.15) is 24.9 Å². The highest BCUT2D eigenvalue weighted by molar-refractivity contribution is 5.78. The zero-order chi connectivity index (χ0) is 52.4. The fraction of sp³-hybridized carbons (Fsp3) is 0.934. The second kappa shape index (κ2) is 51.1. The van der Waals surface area contributed by atoms with E-state index in [0.29, 0.717) is 19.4 Å². The summed E-state index contributed by atoms with van der Waals surface area (Å²) in [4.78, 5) is 56.3. The van der Waals surface area contributed by atoms with Gasteiger partial charge in [0, 0.05) is 19.4 Å². The Labute approximate surface area is 439 Å². The van der Waals surface area contributed by atoms with Gasteiger partial charge in [0.2, 0.25) is 0 Å². The van der Waals surface area contributed by atoms with E-state index in [-0.39, 0.29) is 48.9 Å². The molecule has 0 heterocycles. The molecule has 0 saturated carbocycles. The monoisotopic (exact) mass is 1010 g/mol. The van der Waals surface area contributed by atoms with Crippen LogP contribution in [0.5, 0.6) is 0 Å². The summed E-state index contributed by atoms with van der Waals surface area (Å²) in [6, 6.07) is 0. The third-order valence-electron chi connectivity index (χ3n) is 14.1. The lowest BCUT2D eigenvalue weighted by Crippen LogP contribution is -2.40. The van der Waals surface area contributed by atoms with Crippen molar-refractivity contribution in [3.63, 3.8) is 0 Å². The number of rotatable bonds is 53. The van der Waals surface area contributed by atoms with E-state index in [0.717, 1.165) is 180 Å². The molecule has 0 rings (SSSR count). The summed E-state index contributed by atoms with van der Waals surface area (Å²) in [5.74, 6) is -0.435. The van der Waals surface area contributed by atoms with Crippen LogP contribution in [0.25, 0.3) is 0 Å². The van der Waals surface area contributed by atoms with Crippen LogP contribution in [0.1, 0.15) is 311 Å². The van der Waals surface area contributed by atoms with E-state index in [1.807, 2.05) is 21.0 Å². The molecule has 0 saturated heterocycles. The quantitative estimate of drug-likeness (QED) is 0.0334. The van der Waals surface area contributed by atoms with Gasteiger partial charge in [-0.05, 0) is 137 Å². The van der Waals surface area contributed by atoms with Crippen LogP contribution in [0.15, 0.2) is 0 Å². The minimum absolute atomic E-state index is 0.0309. The van der Waals surface area contributed by atoms with Gasteiger partial charge in [-0.3, -0.25) is 19.3 Å². The van der Waals surface area contributed by atoms with Gasteiger partial charge >= 0.3 is 24.0 Å². The molecule has 0 aromatic carbocycles. The van der Waals surface area contributed by atoms with Gasteiger partial charge in [-0.2, -0.15) is 0 Å². The van der Waals surface area contributed by atoms with E-state index in [2.05, 4.69) is 39.5 Å². The Bertz CT molecular complexity index is 1130. The first-order valence-electron chi connectivity index (χ1n) is 30.7. The lowest BCUT2D eigenvalue weighted by molar-refractivity contribution is -0.151. The van der Waals surface area contributed by atoms with Crippen molar-refractivity contribution < 1.29 is 38.1 Å². The molecule has 10 heteroatoms. The first-order valence-corrected chi connectivity index (χ1v) is 30.7. The molecule has 0 radical (unpaired) electrons. The smallest absolute Gasteiger partial charge is 0.410 e. The Balaban J connectivity index is 5.25. The van der Waals surface area contributed by atoms with Gasteiger partial charge in [-0.15, -0.1) is 0 Å². The van der Waals surface area contributed by atoms with E-state index in [9.17, 15) is 19.2 Å². The number of carbonyl (C=O) groups excluding carboxylic acids is 4. The Morgan fingerprint density at radius 2 is 0.648 bits per heavy atom. The maximum Gasteiger partial charge on any atom is 0.410 e. The van der Waals surface area contributed by atoms with Crippen LogP contribution in [-0.2, 0) is 33.3 Å². The van der Waals surface area contributed by atoms with Crippen LogP contribution in [0.2, 0.25) is 0 Å². The molecular weight excluding hydrogens is 889 g/mol. The lowest BCUT2D eigenvalue weighted by atomic mass is 10.0. The van der Waals surface area contributed by atoms with Crippen LogP contribution in [-0.4, -0.2) is 91.9 Å². The highest BCUT2D eigenvalue weighted by Gasteiger charge is 2.24. The van der Waals surface area contributed by atoms with Gasteiger partial charge in [-0.1, -0.05) is 182 Å². The Kier molecular flexibility index (Phi) is 49.4. The standard InChI is InChI=1S/C61H118N2O8/c1-9-14-19-32-42-54(6)68-60(66)53-63(52-41-51-62(7)8)61(67)71-57(47-37-28-24-26-30-39-49-58(64)69-55(43-33-20-15-10-2)44-34-21-16-11-3)48-38-29-25-27-31-40-50-59(65)70-56(45-35-22-17-12-4)46-36-23-18-13-5/h54-57H,9-53H2,1-8H3. The average Bonchev–Trinajstić information content (AvgIpc) is 3.34. The number of hydrogen-bond acceptors (Lipinski definition) is 9. The molecular formula is C61H118N2O8. The largest absolute Gasteiger partial charge is 0.462 e. The van der Waals surface area contributed by atoms with E-state index in [4.69, 9.17) is 18.9 Å². The fourth-order valence-corrected chi connectivity index (χ4v) is 9.53. The maximum atomic E-state index is 13.9. The van der Waals surface area contributed by atoms with E-state index in [1.54, 1.807) is 4.90 Å². The van der Waals surface area contributed by atoms with Gasteiger partial charge in [0.15, 0.2) is 0 Å². The number of amides is 1. The number of ether oxygens (including phenoxy) is 4. The predicted octanol–water partition coefficient (Wildman–Crippen LogP) is 17.6. The van der Waals surface area contributed by atoms with Crippen molar-refractivity contribution in [1.29, 1.82) is 0 Å². The molecule has 0 aliphatic rings. The molecule has 1 amide bonds. The average molecular weight is 1010 g/mol. The number of unbranched alkanes of at least 4 members (excludes halogenated alkanes) is 25. The highest BCUT2D eigenvalue weighted by atomic mass is 16.6. The predicted molar refractivity (Wildman–Crippen MR) is 298 cm³/mol. The zero-order valence-electron chi connectivity index (χ0n) is 48.3. The van der Waals surface area contributed by atoms with Gasteiger partial charge in [-0.25, -0.2) is 4.79 Å². The summed E-state index contributed by atoms with van der Waals surface area (Å²) < 4.78 is 24.1. The van der Waals surface area contributed by atoms with Crippen molar-refractivity contribution >= 4 is 24.0 Å². The molecule has 0 fully saturated rings. The van der Waals surface area contributed by atoms with E-state index >= 15 is 0 Å². The molecule has 71 heavy (non-hydrogen) atoms. The third kappa shape index (κ3) is 45.9. The summed E-state index contributed by atoms with van der Waals surface area (Å²) in [6.07, 6.45) is 43.3. The van der Waals surface area contributed by atoms with Crippen LogP contribution >= 0.6 is 0 Å². The van der Waals surface area contributed by atoms with E-state index < -0.39 is 6.09 Å². The molecule has 0 spiro atoms. The molecule has 0 aliphatic carbocycles. The number of carbonyl (C=O) groups is 4. The summed E-state index contributed by atoms with van der Waals surface area (Å²) in [6.45, 7) is 14.2.